The van der Waals surface area contributed by atoms with Crippen molar-refractivity contribution in [3.05, 3.63) is 48.5 Å². The highest BCUT2D eigenvalue weighted by molar-refractivity contribution is 7.94. The molecule has 31 heavy (non-hydrogen) atoms. The maximum absolute atomic E-state index is 12.5. The van der Waals surface area contributed by atoms with Crippen molar-refractivity contribution < 1.29 is 42.3 Å². The largest absolute Gasteiger partial charge is 0.477 e. The van der Waals surface area contributed by atoms with Crippen LogP contribution in [0, 0.1) is 5.41 Å². The van der Waals surface area contributed by atoms with Crippen LogP contribution in [0.5, 0.6) is 0 Å². The van der Waals surface area contributed by atoms with E-state index in [0.717, 1.165) is 12.1 Å². The molecule has 15 heteroatoms. The highest BCUT2D eigenvalue weighted by atomic mass is 32.2. The van der Waals surface area contributed by atoms with E-state index in [0.29, 0.717) is 16.9 Å². The Morgan fingerprint density at radius 1 is 1.03 bits per heavy atom. The van der Waals surface area contributed by atoms with Crippen LogP contribution in [-0.4, -0.2) is 47.0 Å². The number of nitrogens with one attached hydrogen (secondary N) is 4. The average molecular weight is 472 g/mol. The van der Waals surface area contributed by atoms with Gasteiger partial charge in [0, 0.05) is 16.3 Å². The third kappa shape index (κ3) is 7.30. The summed E-state index contributed by atoms with van der Waals surface area (Å²) in [5.41, 5.74) is 4.45. The van der Waals surface area contributed by atoms with Gasteiger partial charge in [-0.3, -0.25) is 14.8 Å². The molecule has 0 heterocycles. The van der Waals surface area contributed by atoms with Crippen LogP contribution >= 0.6 is 12.0 Å². The molecule has 0 saturated heterocycles. The fourth-order valence-corrected chi connectivity index (χ4v) is 2.96. The van der Waals surface area contributed by atoms with Crippen LogP contribution in [0.3, 0.4) is 0 Å². The number of amides is 1. The van der Waals surface area contributed by atoms with Crippen molar-refractivity contribution in [2.24, 2.45) is 0 Å². The Morgan fingerprint density at radius 2 is 1.61 bits per heavy atom. The van der Waals surface area contributed by atoms with Gasteiger partial charge in [0.25, 0.3) is 10.1 Å². The summed E-state index contributed by atoms with van der Waals surface area (Å²) in [5.74, 6) is -2.51. The van der Waals surface area contributed by atoms with E-state index in [2.05, 4.69) is 25.5 Å². The lowest BCUT2D eigenvalue weighted by atomic mass is 10.1. The summed E-state index contributed by atoms with van der Waals surface area (Å²) in [5, 5.41) is 30.8. The zero-order chi connectivity index (χ0) is 23.0. The standard InChI is InChI=1S/C16H16N4O9S2/c17-13(16(22)23)14(20-19-10-3-7-12(8-4-10)31(25,26)27)15(21)18-9-1-5-11(6-2-9)30-29-28-24/h1-8,14,17,19-20,24H,(H,18,21)(H,22,23)(H,25,26,27). The van der Waals surface area contributed by atoms with Gasteiger partial charge in [-0.2, -0.15) is 8.42 Å². The van der Waals surface area contributed by atoms with Gasteiger partial charge < -0.3 is 15.8 Å². The highest BCUT2D eigenvalue weighted by Crippen LogP contribution is 2.21. The van der Waals surface area contributed by atoms with E-state index in [1.807, 2.05) is 0 Å². The molecular weight excluding hydrogens is 456 g/mol. The molecule has 0 radical (unpaired) electrons. The zero-order valence-electron chi connectivity index (χ0n) is 15.3. The molecule has 0 fully saturated rings. The highest BCUT2D eigenvalue weighted by Gasteiger charge is 2.28. The maximum Gasteiger partial charge on any atom is 0.351 e. The van der Waals surface area contributed by atoms with Gasteiger partial charge in [-0.05, 0) is 48.5 Å². The predicted molar refractivity (Wildman–Crippen MR) is 108 cm³/mol. The summed E-state index contributed by atoms with van der Waals surface area (Å²) in [6.07, 6.45) is 0. The molecule has 2 aromatic carbocycles. The Balaban J connectivity index is 2.08. The van der Waals surface area contributed by atoms with Crippen molar-refractivity contribution in [2.45, 2.75) is 15.8 Å². The predicted octanol–water partition coefficient (Wildman–Crippen LogP) is 1.39. The van der Waals surface area contributed by atoms with Crippen LogP contribution in [0.15, 0.2) is 58.3 Å². The number of hydrazine groups is 1. The van der Waals surface area contributed by atoms with Crippen molar-refractivity contribution in [1.29, 1.82) is 5.41 Å². The molecule has 7 N–H and O–H groups in total. The first-order chi connectivity index (χ1) is 14.6. The van der Waals surface area contributed by atoms with Crippen molar-refractivity contribution in [3.63, 3.8) is 0 Å². The van der Waals surface area contributed by atoms with E-state index < -0.39 is 33.7 Å². The Kier molecular flexibility index (Phi) is 8.46. The quantitative estimate of drug-likeness (QED) is 0.0814. The Morgan fingerprint density at radius 3 is 2.13 bits per heavy atom. The average Bonchev–Trinajstić information content (AvgIpc) is 2.73. The molecule has 166 valence electrons. The number of anilines is 2. The molecule has 2 aromatic rings. The second-order valence-corrected chi connectivity index (χ2v) is 7.86. The first-order valence-electron chi connectivity index (χ1n) is 8.08. The van der Waals surface area contributed by atoms with Gasteiger partial charge in [0.05, 0.1) is 16.9 Å². The normalized spacial score (nSPS) is 12.1. The molecule has 0 spiro atoms. The van der Waals surface area contributed by atoms with Crippen molar-refractivity contribution in [3.8, 4) is 0 Å². The fourth-order valence-electron chi connectivity index (χ4n) is 2.12. The molecule has 1 amide bonds. The minimum Gasteiger partial charge on any atom is -0.477 e. The summed E-state index contributed by atoms with van der Waals surface area (Å²) in [7, 11) is -4.38. The number of hydrogen-bond acceptors (Lipinski definition) is 11. The van der Waals surface area contributed by atoms with Crippen LogP contribution < -0.4 is 16.2 Å². The lowest BCUT2D eigenvalue weighted by Gasteiger charge is -2.19. The van der Waals surface area contributed by atoms with E-state index >= 15 is 0 Å². The Bertz CT molecular complexity index is 1040. The second-order valence-electron chi connectivity index (χ2n) is 5.66. The van der Waals surface area contributed by atoms with E-state index in [1.165, 1.54) is 36.4 Å². The first kappa shape index (κ1) is 24.2. The third-order valence-corrected chi connectivity index (χ3v) is 5.04. The van der Waals surface area contributed by atoms with Gasteiger partial charge in [-0.15, -0.1) is 4.33 Å². The van der Waals surface area contributed by atoms with E-state index in [1.54, 1.807) is 0 Å². The van der Waals surface area contributed by atoms with Crippen LogP contribution in [0.1, 0.15) is 0 Å². The molecule has 13 nitrogen and oxygen atoms in total. The topological polar surface area (TPSA) is 207 Å². The smallest absolute Gasteiger partial charge is 0.351 e. The Hall–Kier alpha value is -3.05. The monoisotopic (exact) mass is 472 g/mol. The molecule has 0 saturated carbocycles. The molecule has 2 rings (SSSR count). The van der Waals surface area contributed by atoms with E-state index in [4.69, 9.17) is 20.3 Å². The summed E-state index contributed by atoms with van der Waals surface area (Å²) in [6, 6.07) is 9.00. The molecule has 0 aromatic heterocycles. The zero-order valence-corrected chi connectivity index (χ0v) is 16.9. The molecule has 0 aliphatic heterocycles. The number of carbonyl (C=O) groups is 2. The van der Waals surface area contributed by atoms with Crippen molar-refractivity contribution in [1.82, 2.24) is 5.43 Å². The van der Waals surface area contributed by atoms with Crippen LogP contribution in [0.25, 0.3) is 0 Å². The molecule has 1 unspecified atom stereocenters. The van der Waals surface area contributed by atoms with Crippen molar-refractivity contribution in [2.75, 3.05) is 10.7 Å². The number of carboxylic acids is 1. The van der Waals surface area contributed by atoms with Gasteiger partial charge in [-0.1, -0.05) is 5.04 Å². The summed E-state index contributed by atoms with van der Waals surface area (Å²) in [6.45, 7) is 0. The number of carboxylic acid groups (broad SMARTS) is 1. The molecule has 0 aliphatic rings. The second kappa shape index (κ2) is 10.8. The number of hydrogen-bond donors (Lipinski definition) is 7. The van der Waals surface area contributed by atoms with Gasteiger partial charge in [0.2, 0.25) is 5.91 Å². The lowest BCUT2D eigenvalue weighted by molar-refractivity contribution is -0.432. The minimum absolute atomic E-state index is 0.232. The van der Waals surface area contributed by atoms with Gasteiger partial charge in [-0.25, -0.2) is 15.5 Å². The third-order valence-electron chi connectivity index (χ3n) is 3.58. The number of rotatable bonds is 11. The van der Waals surface area contributed by atoms with E-state index in [9.17, 15) is 18.0 Å². The first-order valence-corrected chi connectivity index (χ1v) is 10.3. The molecule has 1 atom stereocenters. The fraction of sp³-hybridized carbons (Fsp3) is 0.0625. The van der Waals surface area contributed by atoms with Gasteiger partial charge in [0.15, 0.2) is 6.04 Å². The minimum atomic E-state index is -4.38. The van der Waals surface area contributed by atoms with Crippen molar-refractivity contribution >= 4 is 51.1 Å². The summed E-state index contributed by atoms with van der Waals surface area (Å²) in [4.78, 5) is 23.9. The van der Waals surface area contributed by atoms with Gasteiger partial charge in [0.1, 0.15) is 5.71 Å². The number of carbonyl (C=O) groups excluding carboxylic acids is 1. The molecular formula is C16H16N4O9S2. The van der Waals surface area contributed by atoms with Gasteiger partial charge >= 0.3 is 5.97 Å². The van der Waals surface area contributed by atoms with Crippen LogP contribution in [-0.2, 0) is 29.1 Å². The summed E-state index contributed by atoms with van der Waals surface area (Å²) < 4.78 is 35.3. The Labute approximate surface area is 179 Å². The maximum atomic E-state index is 12.5. The summed E-state index contributed by atoms with van der Waals surface area (Å²) >= 11 is 0.699. The molecule has 0 aliphatic carbocycles. The number of benzene rings is 2. The van der Waals surface area contributed by atoms with E-state index in [-0.39, 0.29) is 16.3 Å². The number of aliphatic carboxylic acids is 1. The SMILES string of the molecule is N=C(C(=O)O)C(NNc1ccc(S(=O)(=O)O)cc1)C(=O)Nc1ccc(SOOO)cc1. The van der Waals surface area contributed by atoms with Crippen LogP contribution in [0.4, 0.5) is 11.4 Å². The van der Waals surface area contributed by atoms with Crippen LogP contribution in [0.2, 0.25) is 0 Å². The molecule has 0 bridgehead atoms. The lowest BCUT2D eigenvalue weighted by Crippen LogP contribution is -2.51.